The third kappa shape index (κ3) is 4.49. The average molecular weight is 408 g/mol. The zero-order valence-electron chi connectivity index (χ0n) is 15.1. The molecule has 8 heteroatoms. The molecule has 0 saturated carbocycles. The summed E-state index contributed by atoms with van der Waals surface area (Å²) in [6.45, 7) is 1.92. The lowest BCUT2D eigenvalue weighted by atomic mass is 10.1. The van der Waals surface area contributed by atoms with Gasteiger partial charge in [0.15, 0.2) is 0 Å². The molecule has 0 bridgehead atoms. The Morgan fingerprint density at radius 1 is 1.21 bits per heavy atom. The van der Waals surface area contributed by atoms with Crippen molar-refractivity contribution >= 4 is 35.0 Å². The van der Waals surface area contributed by atoms with E-state index in [-0.39, 0.29) is 22.9 Å². The van der Waals surface area contributed by atoms with Crippen LogP contribution in [0.25, 0.3) is 0 Å². The van der Waals surface area contributed by atoms with Crippen LogP contribution >= 0.6 is 11.8 Å². The number of halogens is 3. The van der Waals surface area contributed by atoms with Gasteiger partial charge in [-0.2, -0.15) is 13.2 Å². The van der Waals surface area contributed by atoms with E-state index in [2.05, 4.69) is 5.32 Å². The van der Waals surface area contributed by atoms with E-state index in [9.17, 15) is 22.8 Å². The Bertz CT molecular complexity index is 868. The number of anilines is 2. The van der Waals surface area contributed by atoms with Gasteiger partial charge in [0.05, 0.1) is 11.3 Å². The summed E-state index contributed by atoms with van der Waals surface area (Å²) in [4.78, 5) is 25.7. The maximum absolute atomic E-state index is 12.8. The Morgan fingerprint density at radius 3 is 2.57 bits per heavy atom. The summed E-state index contributed by atoms with van der Waals surface area (Å²) in [6.07, 6.45) is -3.27. The molecule has 2 aromatic rings. The van der Waals surface area contributed by atoms with Crippen molar-refractivity contribution < 1.29 is 22.8 Å². The van der Waals surface area contributed by atoms with Crippen molar-refractivity contribution in [1.29, 1.82) is 0 Å². The second kappa shape index (κ2) is 8.26. The van der Waals surface area contributed by atoms with Gasteiger partial charge in [0.2, 0.25) is 11.8 Å². The predicted molar refractivity (Wildman–Crippen MR) is 104 cm³/mol. The van der Waals surface area contributed by atoms with E-state index in [1.165, 1.54) is 28.8 Å². The number of carbonyl (C=O) groups is 2. The fraction of sp³-hybridized carbons (Fsp3) is 0.300. The second-order valence-corrected chi connectivity index (χ2v) is 7.46. The molecule has 2 aromatic carbocycles. The van der Waals surface area contributed by atoms with Gasteiger partial charge >= 0.3 is 6.18 Å². The van der Waals surface area contributed by atoms with Crippen LogP contribution in [-0.2, 0) is 15.8 Å². The molecule has 2 amide bonds. The molecule has 1 heterocycles. The summed E-state index contributed by atoms with van der Waals surface area (Å²) >= 11 is 1.40. The SMILES string of the molecule is CCCC(=O)Nc1cccc([C@H]2SCC(=O)N2c2ccc(C(F)(F)F)cc2)c1. The number of benzene rings is 2. The van der Waals surface area contributed by atoms with E-state index < -0.39 is 11.7 Å². The average Bonchev–Trinajstić information content (AvgIpc) is 3.03. The van der Waals surface area contributed by atoms with Crippen molar-refractivity contribution in [2.45, 2.75) is 31.3 Å². The highest BCUT2D eigenvalue weighted by Gasteiger charge is 2.35. The van der Waals surface area contributed by atoms with Gasteiger partial charge in [0.25, 0.3) is 0 Å². The van der Waals surface area contributed by atoms with E-state index in [4.69, 9.17) is 0 Å². The summed E-state index contributed by atoms with van der Waals surface area (Å²) in [5.41, 5.74) is 1.08. The molecule has 1 aliphatic rings. The molecule has 1 atom stereocenters. The summed E-state index contributed by atoms with van der Waals surface area (Å²) in [6, 6.07) is 11.8. The van der Waals surface area contributed by atoms with Crippen LogP contribution in [0.5, 0.6) is 0 Å². The molecule has 3 rings (SSSR count). The topological polar surface area (TPSA) is 49.4 Å². The first-order valence-electron chi connectivity index (χ1n) is 8.80. The standard InChI is InChI=1S/C20H19F3N2O2S/c1-2-4-17(26)24-15-6-3-5-13(11-15)19-25(18(27)12-28-19)16-9-7-14(8-10-16)20(21,22)23/h3,5-11,19H,2,4,12H2,1H3,(H,24,26)/t19-/m1/s1. The van der Waals surface area contributed by atoms with Crippen molar-refractivity contribution in [3.63, 3.8) is 0 Å². The molecule has 148 valence electrons. The van der Waals surface area contributed by atoms with E-state index >= 15 is 0 Å². The van der Waals surface area contributed by atoms with Crippen molar-refractivity contribution in [2.75, 3.05) is 16.0 Å². The molecule has 0 radical (unpaired) electrons. The highest BCUT2D eigenvalue weighted by atomic mass is 32.2. The highest BCUT2D eigenvalue weighted by molar-refractivity contribution is 8.00. The number of hydrogen-bond donors (Lipinski definition) is 1. The van der Waals surface area contributed by atoms with Crippen LogP contribution in [0.3, 0.4) is 0 Å². The van der Waals surface area contributed by atoms with Gasteiger partial charge in [0, 0.05) is 17.8 Å². The Balaban J connectivity index is 1.85. The van der Waals surface area contributed by atoms with E-state index in [1.54, 1.807) is 18.2 Å². The minimum absolute atomic E-state index is 0.0885. The fourth-order valence-corrected chi connectivity index (χ4v) is 4.15. The molecule has 0 aliphatic carbocycles. The number of nitrogens with zero attached hydrogens (tertiary/aromatic N) is 1. The van der Waals surface area contributed by atoms with Crippen LogP contribution in [0.2, 0.25) is 0 Å². The smallest absolute Gasteiger partial charge is 0.326 e. The van der Waals surface area contributed by atoms with Crippen LogP contribution in [0.1, 0.15) is 36.3 Å². The van der Waals surface area contributed by atoms with Crippen molar-refractivity contribution in [1.82, 2.24) is 0 Å². The quantitative estimate of drug-likeness (QED) is 0.738. The Morgan fingerprint density at radius 2 is 1.93 bits per heavy atom. The fourth-order valence-electron chi connectivity index (χ4n) is 2.98. The zero-order valence-corrected chi connectivity index (χ0v) is 15.9. The maximum atomic E-state index is 12.8. The lowest BCUT2D eigenvalue weighted by Gasteiger charge is -2.25. The van der Waals surface area contributed by atoms with Gasteiger partial charge < -0.3 is 5.32 Å². The highest BCUT2D eigenvalue weighted by Crippen LogP contribution is 2.43. The van der Waals surface area contributed by atoms with E-state index in [0.717, 1.165) is 24.1 Å². The first kappa shape index (κ1) is 20.3. The van der Waals surface area contributed by atoms with E-state index in [1.807, 2.05) is 13.0 Å². The van der Waals surface area contributed by atoms with Gasteiger partial charge in [-0.1, -0.05) is 19.1 Å². The van der Waals surface area contributed by atoms with E-state index in [0.29, 0.717) is 17.8 Å². The molecule has 1 N–H and O–H groups in total. The summed E-state index contributed by atoms with van der Waals surface area (Å²) < 4.78 is 38.4. The van der Waals surface area contributed by atoms with Gasteiger partial charge in [-0.3, -0.25) is 14.5 Å². The Labute approximate surface area is 165 Å². The summed E-state index contributed by atoms with van der Waals surface area (Å²) in [5, 5.41) is 2.45. The van der Waals surface area contributed by atoms with Crippen molar-refractivity contribution in [2.24, 2.45) is 0 Å². The monoisotopic (exact) mass is 408 g/mol. The van der Waals surface area contributed by atoms with Gasteiger partial charge in [-0.05, 0) is 48.4 Å². The molecule has 0 spiro atoms. The molecule has 1 saturated heterocycles. The zero-order chi connectivity index (χ0) is 20.3. The first-order valence-corrected chi connectivity index (χ1v) is 9.85. The van der Waals surface area contributed by atoms with Crippen LogP contribution in [-0.4, -0.2) is 17.6 Å². The minimum atomic E-state index is -4.42. The minimum Gasteiger partial charge on any atom is -0.326 e. The lowest BCUT2D eigenvalue weighted by molar-refractivity contribution is -0.137. The van der Waals surface area contributed by atoms with Gasteiger partial charge in [-0.25, -0.2) is 0 Å². The lowest BCUT2D eigenvalue weighted by Crippen LogP contribution is -2.28. The van der Waals surface area contributed by atoms with Crippen LogP contribution in [0.15, 0.2) is 48.5 Å². The normalized spacial score (nSPS) is 17.1. The molecular formula is C20H19F3N2O2S. The predicted octanol–water partition coefficient (Wildman–Crippen LogP) is 5.22. The third-order valence-corrected chi connectivity index (χ3v) is 5.49. The number of rotatable bonds is 5. The summed E-state index contributed by atoms with van der Waals surface area (Å²) in [5.74, 6) is -0.0254. The Hall–Kier alpha value is -2.48. The molecule has 1 fully saturated rings. The molecule has 0 aromatic heterocycles. The first-order chi connectivity index (χ1) is 13.3. The number of thioether (sulfide) groups is 1. The molecule has 1 aliphatic heterocycles. The van der Waals surface area contributed by atoms with Crippen LogP contribution in [0, 0.1) is 0 Å². The largest absolute Gasteiger partial charge is 0.416 e. The Kier molecular flexibility index (Phi) is 5.98. The molecular weight excluding hydrogens is 389 g/mol. The number of hydrogen-bond acceptors (Lipinski definition) is 3. The molecule has 4 nitrogen and oxygen atoms in total. The molecule has 0 unspecified atom stereocenters. The number of nitrogens with one attached hydrogen (secondary N) is 1. The maximum Gasteiger partial charge on any atom is 0.416 e. The third-order valence-electron chi connectivity index (χ3n) is 4.27. The molecule has 28 heavy (non-hydrogen) atoms. The second-order valence-electron chi connectivity index (χ2n) is 6.40. The van der Waals surface area contributed by atoms with Gasteiger partial charge in [-0.15, -0.1) is 11.8 Å². The summed E-state index contributed by atoms with van der Waals surface area (Å²) in [7, 11) is 0. The number of alkyl halides is 3. The van der Waals surface area contributed by atoms with Crippen LogP contribution < -0.4 is 10.2 Å². The van der Waals surface area contributed by atoms with Crippen LogP contribution in [0.4, 0.5) is 24.5 Å². The number of amides is 2. The van der Waals surface area contributed by atoms with Crippen molar-refractivity contribution in [3.8, 4) is 0 Å². The van der Waals surface area contributed by atoms with Crippen molar-refractivity contribution in [3.05, 3.63) is 59.7 Å². The number of carbonyl (C=O) groups excluding carboxylic acids is 2. The van der Waals surface area contributed by atoms with Gasteiger partial charge in [0.1, 0.15) is 5.37 Å².